The van der Waals surface area contributed by atoms with E-state index in [1.54, 1.807) is 13.3 Å². The molecule has 1 fully saturated rings. The molecule has 1 aliphatic heterocycles. The van der Waals surface area contributed by atoms with Crippen LogP contribution in [0.4, 0.5) is 5.95 Å². The molecule has 1 unspecified atom stereocenters. The van der Waals surface area contributed by atoms with Crippen LogP contribution in [0.3, 0.4) is 0 Å². The molecule has 0 saturated carbocycles. The molecule has 2 aromatic rings. The van der Waals surface area contributed by atoms with E-state index in [1.165, 1.54) is 0 Å². The van der Waals surface area contributed by atoms with Gasteiger partial charge in [0.1, 0.15) is 5.75 Å². The van der Waals surface area contributed by atoms with Gasteiger partial charge in [0.2, 0.25) is 5.95 Å². The molecule has 1 atom stereocenters. The number of aryl methyl sites for hydroxylation is 1. The highest BCUT2D eigenvalue weighted by molar-refractivity contribution is 5.95. The Balaban J connectivity index is 1.68. The van der Waals surface area contributed by atoms with Crippen molar-refractivity contribution in [1.82, 2.24) is 15.3 Å². The number of anilines is 1. The molecule has 138 valence electrons. The van der Waals surface area contributed by atoms with Gasteiger partial charge in [0.15, 0.2) is 0 Å². The molecule has 0 radical (unpaired) electrons. The number of hydrogen-bond donors (Lipinski definition) is 1. The van der Waals surface area contributed by atoms with Gasteiger partial charge in [-0.3, -0.25) is 4.79 Å². The predicted octanol–water partition coefficient (Wildman–Crippen LogP) is 2.12. The number of nitrogens with zero attached hydrogens (tertiary/aromatic N) is 3. The van der Waals surface area contributed by atoms with E-state index >= 15 is 0 Å². The average Bonchev–Trinajstić information content (AvgIpc) is 2.68. The van der Waals surface area contributed by atoms with Gasteiger partial charge in [0, 0.05) is 19.3 Å². The van der Waals surface area contributed by atoms with E-state index in [0.717, 1.165) is 24.4 Å². The van der Waals surface area contributed by atoms with Crippen LogP contribution in [0, 0.1) is 6.92 Å². The second kappa shape index (κ2) is 8.14. The zero-order valence-electron chi connectivity index (χ0n) is 15.4. The van der Waals surface area contributed by atoms with Crippen LogP contribution < -0.4 is 15.0 Å². The van der Waals surface area contributed by atoms with E-state index in [2.05, 4.69) is 20.2 Å². The fourth-order valence-electron chi connectivity index (χ4n) is 2.84. The highest BCUT2D eigenvalue weighted by atomic mass is 16.5. The van der Waals surface area contributed by atoms with Crippen molar-refractivity contribution in [3.63, 3.8) is 0 Å². The third kappa shape index (κ3) is 4.11. The molecule has 1 amide bonds. The first kappa shape index (κ1) is 18.1. The van der Waals surface area contributed by atoms with Gasteiger partial charge in [-0.25, -0.2) is 9.97 Å². The van der Waals surface area contributed by atoms with Gasteiger partial charge in [-0.05, 0) is 31.5 Å². The van der Waals surface area contributed by atoms with Crippen molar-refractivity contribution in [2.45, 2.75) is 19.9 Å². The molecule has 1 aromatic carbocycles. The molecule has 1 N–H and O–H groups in total. The maximum atomic E-state index is 12.6. The van der Waals surface area contributed by atoms with Crippen molar-refractivity contribution in [1.29, 1.82) is 0 Å². The summed E-state index contributed by atoms with van der Waals surface area (Å²) in [5.41, 5.74) is 2.16. The molecule has 0 spiro atoms. The van der Waals surface area contributed by atoms with E-state index in [0.29, 0.717) is 30.4 Å². The van der Waals surface area contributed by atoms with E-state index in [-0.39, 0.29) is 11.9 Å². The van der Waals surface area contributed by atoms with Crippen molar-refractivity contribution >= 4 is 11.9 Å². The number of rotatable bonds is 5. The number of methoxy groups -OCH3 is 1. The number of aromatic nitrogens is 2. The van der Waals surface area contributed by atoms with E-state index in [4.69, 9.17) is 9.47 Å². The Kier molecular flexibility index (Phi) is 5.68. The monoisotopic (exact) mass is 356 g/mol. The number of carbonyl (C=O) groups is 1. The summed E-state index contributed by atoms with van der Waals surface area (Å²) < 4.78 is 10.5. The summed E-state index contributed by atoms with van der Waals surface area (Å²) in [7, 11) is 1.63. The zero-order valence-corrected chi connectivity index (χ0v) is 15.4. The first-order valence-electron chi connectivity index (χ1n) is 8.69. The van der Waals surface area contributed by atoms with Gasteiger partial charge < -0.3 is 19.7 Å². The Morgan fingerprint density at radius 3 is 2.58 bits per heavy atom. The summed E-state index contributed by atoms with van der Waals surface area (Å²) in [6.07, 6.45) is 1.60. The fourth-order valence-corrected chi connectivity index (χ4v) is 2.84. The molecule has 3 rings (SSSR count). The molecule has 7 heteroatoms. The molecule has 2 heterocycles. The normalized spacial score (nSPS) is 15.4. The fraction of sp³-hybridized carbons (Fsp3) is 0.421. The summed E-state index contributed by atoms with van der Waals surface area (Å²) in [4.78, 5) is 23.5. The van der Waals surface area contributed by atoms with E-state index < -0.39 is 0 Å². The minimum atomic E-state index is -0.181. The minimum absolute atomic E-state index is 0.133. The smallest absolute Gasteiger partial charge is 0.255 e. The van der Waals surface area contributed by atoms with Crippen LogP contribution in [0.2, 0.25) is 0 Å². The summed E-state index contributed by atoms with van der Waals surface area (Å²) in [5.74, 6) is 1.25. The number of nitrogens with one attached hydrogen (secondary N) is 1. The quantitative estimate of drug-likeness (QED) is 0.884. The summed E-state index contributed by atoms with van der Waals surface area (Å²) in [6, 6.07) is 7.50. The Bertz CT molecular complexity index is 758. The number of ether oxygens (including phenoxy) is 2. The third-order valence-corrected chi connectivity index (χ3v) is 4.47. The Morgan fingerprint density at radius 1 is 1.27 bits per heavy atom. The number of carbonyl (C=O) groups excluding carboxylic acids is 1. The molecule has 0 bridgehead atoms. The van der Waals surface area contributed by atoms with Crippen molar-refractivity contribution in [2.75, 3.05) is 38.3 Å². The minimum Gasteiger partial charge on any atom is -0.497 e. The van der Waals surface area contributed by atoms with Crippen LogP contribution in [-0.4, -0.2) is 49.3 Å². The number of amides is 1. The van der Waals surface area contributed by atoms with Crippen LogP contribution in [0.15, 0.2) is 30.5 Å². The Morgan fingerprint density at radius 2 is 1.96 bits per heavy atom. The molecule has 7 nitrogen and oxygen atoms in total. The van der Waals surface area contributed by atoms with Crippen molar-refractivity contribution in [3.05, 3.63) is 47.3 Å². The number of hydrogen-bond acceptors (Lipinski definition) is 6. The Labute approximate surface area is 153 Å². The van der Waals surface area contributed by atoms with Crippen LogP contribution in [0.1, 0.15) is 34.6 Å². The van der Waals surface area contributed by atoms with Crippen LogP contribution in [0.25, 0.3) is 0 Å². The zero-order chi connectivity index (χ0) is 18.5. The Hall–Kier alpha value is -2.67. The molecule has 1 aromatic heterocycles. The van der Waals surface area contributed by atoms with Crippen molar-refractivity contribution in [3.8, 4) is 5.75 Å². The topological polar surface area (TPSA) is 76.6 Å². The van der Waals surface area contributed by atoms with Crippen molar-refractivity contribution < 1.29 is 14.3 Å². The molecule has 26 heavy (non-hydrogen) atoms. The lowest BCUT2D eigenvalue weighted by molar-refractivity contribution is 0.0938. The lowest BCUT2D eigenvalue weighted by Crippen LogP contribution is -2.37. The SMILES string of the molecule is COc1ccc(C(C)NC(=O)c2cnc(N3CCOCC3)nc2C)cc1. The maximum absolute atomic E-state index is 12.6. The molecular formula is C19H24N4O3. The summed E-state index contributed by atoms with van der Waals surface area (Å²) >= 11 is 0. The second-order valence-electron chi connectivity index (χ2n) is 6.24. The lowest BCUT2D eigenvalue weighted by atomic mass is 10.1. The first-order chi connectivity index (χ1) is 12.6. The second-order valence-corrected chi connectivity index (χ2v) is 6.24. The van der Waals surface area contributed by atoms with Crippen LogP contribution >= 0.6 is 0 Å². The van der Waals surface area contributed by atoms with Gasteiger partial charge >= 0.3 is 0 Å². The average molecular weight is 356 g/mol. The van der Waals surface area contributed by atoms with Gasteiger partial charge in [0.25, 0.3) is 5.91 Å². The lowest BCUT2D eigenvalue weighted by Gasteiger charge is -2.27. The maximum Gasteiger partial charge on any atom is 0.255 e. The first-order valence-corrected chi connectivity index (χ1v) is 8.69. The highest BCUT2D eigenvalue weighted by Gasteiger charge is 2.18. The van der Waals surface area contributed by atoms with Crippen LogP contribution in [-0.2, 0) is 4.74 Å². The van der Waals surface area contributed by atoms with Gasteiger partial charge in [-0.2, -0.15) is 0 Å². The number of benzene rings is 1. The van der Waals surface area contributed by atoms with Crippen molar-refractivity contribution in [2.24, 2.45) is 0 Å². The standard InChI is InChI=1S/C19H24N4O3/c1-13(15-4-6-16(25-3)7-5-15)21-18(24)17-12-20-19(22-14(17)2)23-8-10-26-11-9-23/h4-7,12-13H,8-11H2,1-3H3,(H,21,24). The van der Waals surface area contributed by atoms with Gasteiger partial charge in [-0.15, -0.1) is 0 Å². The largest absolute Gasteiger partial charge is 0.497 e. The summed E-state index contributed by atoms with van der Waals surface area (Å²) in [6.45, 7) is 6.64. The summed E-state index contributed by atoms with van der Waals surface area (Å²) in [5, 5.41) is 3.00. The molecular weight excluding hydrogens is 332 g/mol. The van der Waals surface area contributed by atoms with E-state index in [1.807, 2.05) is 38.1 Å². The van der Waals surface area contributed by atoms with Gasteiger partial charge in [0.05, 0.1) is 37.6 Å². The molecule has 1 aliphatic rings. The number of morpholine rings is 1. The molecule has 0 aliphatic carbocycles. The van der Waals surface area contributed by atoms with Gasteiger partial charge in [-0.1, -0.05) is 12.1 Å². The van der Waals surface area contributed by atoms with E-state index in [9.17, 15) is 4.79 Å². The molecule has 1 saturated heterocycles. The third-order valence-electron chi connectivity index (χ3n) is 4.47. The predicted molar refractivity (Wildman–Crippen MR) is 98.7 cm³/mol. The van der Waals surface area contributed by atoms with Crippen LogP contribution in [0.5, 0.6) is 5.75 Å². The highest BCUT2D eigenvalue weighted by Crippen LogP contribution is 2.18.